The summed E-state index contributed by atoms with van der Waals surface area (Å²) in [5.74, 6) is 2.39. The normalized spacial score (nSPS) is 17.2. The van der Waals surface area contributed by atoms with Crippen LogP contribution in [0.3, 0.4) is 0 Å². The fraction of sp³-hybridized carbons (Fsp3) is 0.333. The van der Waals surface area contributed by atoms with E-state index in [4.69, 9.17) is 16.3 Å². The number of nitrogens with zero attached hydrogens (tertiary/aromatic N) is 2. The summed E-state index contributed by atoms with van der Waals surface area (Å²) in [5, 5.41) is 0.525. The lowest BCUT2D eigenvalue weighted by Crippen LogP contribution is -2.19. The third-order valence-electron chi connectivity index (χ3n) is 3.18. The number of hydrogen-bond donors (Lipinski definition) is 0. The molecule has 1 aliphatic heterocycles. The molecule has 1 aliphatic rings. The molecule has 0 fully saturated rings. The highest BCUT2D eigenvalue weighted by molar-refractivity contribution is 14.1. The topological polar surface area (TPSA) is 35.0 Å². The maximum absolute atomic E-state index is 6.25. The molecular formula is C15H14ClIN2OS. The first kappa shape index (κ1) is 15.4. The Morgan fingerprint density at radius 2 is 2.19 bits per heavy atom. The largest absolute Gasteiger partial charge is 0.480 e. The number of halogens is 2. The summed E-state index contributed by atoms with van der Waals surface area (Å²) in [6.45, 7) is 2.13. The van der Waals surface area contributed by atoms with E-state index in [1.165, 1.54) is 4.90 Å². The van der Waals surface area contributed by atoms with Crippen LogP contribution in [0.25, 0.3) is 0 Å². The van der Waals surface area contributed by atoms with Gasteiger partial charge in [0.25, 0.3) is 0 Å². The van der Waals surface area contributed by atoms with Crippen molar-refractivity contribution in [2.24, 2.45) is 0 Å². The Bertz CT molecular complexity index is 668. The van der Waals surface area contributed by atoms with Crippen LogP contribution in [0.2, 0.25) is 5.15 Å². The highest BCUT2D eigenvalue weighted by Gasteiger charge is 2.25. The quantitative estimate of drug-likeness (QED) is 0.510. The zero-order chi connectivity index (χ0) is 14.8. The van der Waals surface area contributed by atoms with Crippen molar-refractivity contribution in [3.63, 3.8) is 0 Å². The van der Waals surface area contributed by atoms with Crippen molar-refractivity contribution < 1.29 is 4.74 Å². The lowest BCUT2D eigenvalue weighted by atomic mass is 10.2. The van der Waals surface area contributed by atoms with Gasteiger partial charge in [0.05, 0.1) is 9.26 Å². The summed E-state index contributed by atoms with van der Waals surface area (Å²) in [6.07, 6.45) is 1.80. The van der Waals surface area contributed by atoms with E-state index in [1.54, 1.807) is 11.8 Å². The first-order chi connectivity index (χ1) is 10.2. The van der Waals surface area contributed by atoms with E-state index in [0.717, 1.165) is 33.6 Å². The molecule has 0 radical (unpaired) electrons. The summed E-state index contributed by atoms with van der Waals surface area (Å²) >= 11 is 10.2. The Hall–Kier alpha value is -0.530. The highest BCUT2D eigenvalue weighted by Crippen LogP contribution is 2.39. The molecule has 0 saturated heterocycles. The molecule has 1 atom stereocenters. The van der Waals surface area contributed by atoms with Gasteiger partial charge in [-0.3, -0.25) is 0 Å². The van der Waals surface area contributed by atoms with E-state index in [-0.39, 0.29) is 6.10 Å². The number of aryl methyl sites for hydroxylation is 1. The van der Waals surface area contributed by atoms with Gasteiger partial charge in [0.15, 0.2) is 11.9 Å². The molecule has 6 heteroatoms. The maximum atomic E-state index is 6.25. The van der Waals surface area contributed by atoms with Crippen LogP contribution in [-0.2, 0) is 6.42 Å². The number of fused-ring (bicyclic) bond motifs is 1. The Balaban J connectivity index is 1.91. The smallest absolute Gasteiger partial charge is 0.172 e. The van der Waals surface area contributed by atoms with Crippen LogP contribution in [0, 0.1) is 3.57 Å². The Labute approximate surface area is 147 Å². The van der Waals surface area contributed by atoms with E-state index < -0.39 is 0 Å². The number of ether oxygens (including phenoxy) is 1. The van der Waals surface area contributed by atoms with Gasteiger partial charge in [-0.2, -0.15) is 0 Å². The molecule has 3 nitrogen and oxygen atoms in total. The predicted octanol–water partition coefficient (Wildman–Crippen LogP) is 4.91. The van der Waals surface area contributed by atoms with Gasteiger partial charge in [-0.15, -0.1) is 11.8 Å². The molecule has 0 aliphatic carbocycles. The molecule has 2 aromatic rings. The van der Waals surface area contributed by atoms with Crippen LogP contribution in [0.1, 0.15) is 31.0 Å². The summed E-state index contributed by atoms with van der Waals surface area (Å²) < 4.78 is 6.99. The van der Waals surface area contributed by atoms with Crippen LogP contribution in [0.4, 0.5) is 0 Å². The fourth-order valence-electron chi connectivity index (χ4n) is 2.17. The van der Waals surface area contributed by atoms with Gasteiger partial charge >= 0.3 is 0 Å². The van der Waals surface area contributed by atoms with Crippen LogP contribution in [0.15, 0.2) is 29.2 Å². The highest BCUT2D eigenvalue weighted by atomic mass is 127. The van der Waals surface area contributed by atoms with Gasteiger partial charge in [0, 0.05) is 10.6 Å². The minimum absolute atomic E-state index is 0.144. The SMILES string of the molecule is CCCc1nc(C2CSc3ccccc3O2)nc(Cl)c1I. The van der Waals surface area contributed by atoms with Gasteiger partial charge in [0.2, 0.25) is 0 Å². The molecule has 1 aromatic carbocycles. The Kier molecular flexibility index (Phi) is 4.91. The average molecular weight is 433 g/mol. The monoisotopic (exact) mass is 432 g/mol. The van der Waals surface area contributed by atoms with Gasteiger partial charge in [-0.05, 0) is 41.1 Å². The van der Waals surface area contributed by atoms with Crippen molar-refractivity contribution in [2.75, 3.05) is 5.75 Å². The molecule has 0 spiro atoms. The van der Waals surface area contributed by atoms with Crippen LogP contribution in [0.5, 0.6) is 5.75 Å². The second-order valence-corrected chi connectivity index (χ2v) is 7.25. The minimum atomic E-state index is -0.144. The molecule has 1 unspecified atom stereocenters. The molecular weight excluding hydrogens is 419 g/mol. The molecule has 3 rings (SSSR count). The van der Waals surface area contributed by atoms with Crippen molar-refractivity contribution in [3.05, 3.63) is 44.5 Å². The minimum Gasteiger partial charge on any atom is -0.480 e. The zero-order valence-corrected chi connectivity index (χ0v) is 15.2. The number of para-hydroxylation sites is 1. The van der Waals surface area contributed by atoms with Crippen molar-refractivity contribution in [3.8, 4) is 5.75 Å². The standard InChI is InChI=1S/C15H14ClIN2OS/c1-2-5-9-13(17)14(16)19-15(18-9)11-8-21-12-7-4-3-6-10(12)20-11/h3-4,6-7,11H,2,5,8H2,1H3. The lowest BCUT2D eigenvalue weighted by Gasteiger charge is -2.25. The molecule has 21 heavy (non-hydrogen) atoms. The van der Waals surface area contributed by atoms with E-state index >= 15 is 0 Å². The lowest BCUT2D eigenvalue weighted by molar-refractivity contribution is 0.210. The predicted molar refractivity (Wildman–Crippen MR) is 94.3 cm³/mol. The van der Waals surface area contributed by atoms with E-state index in [1.807, 2.05) is 18.2 Å². The molecule has 2 heterocycles. The van der Waals surface area contributed by atoms with Crippen molar-refractivity contribution >= 4 is 46.0 Å². The van der Waals surface area contributed by atoms with Gasteiger partial charge in [-0.25, -0.2) is 9.97 Å². The second kappa shape index (κ2) is 6.71. The van der Waals surface area contributed by atoms with Gasteiger partial charge in [0.1, 0.15) is 10.9 Å². The van der Waals surface area contributed by atoms with Gasteiger partial charge < -0.3 is 4.74 Å². The molecule has 0 bridgehead atoms. The molecule has 1 aromatic heterocycles. The average Bonchev–Trinajstić information content (AvgIpc) is 2.51. The van der Waals surface area contributed by atoms with Crippen molar-refractivity contribution in [2.45, 2.75) is 30.8 Å². The number of benzene rings is 1. The molecule has 0 amide bonds. The Morgan fingerprint density at radius 3 is 3.00 bits per heavy atom. The van der Waals surface area contributed by atoms with Crippen LogP contribution < -0.4 is 4.74 Å². The number of rotatable bonds is 3. The van der Waals surface area contributed by atoms with E-state index in [2.05, 4.69) is 45.5 Å². The summed E-state index contributed by atoms with van der Waals surface area (Å²) in [6, 6.07) is 8.05. The van der Waals surface area contributed by atoms with Crippen LogP contribution in [-0.4, -0.2) is 15.7 Å². The van der Waals surface area contributed by atoms with Crippen molar-refractivity contribution in [1.29, 1.82) is 0 Å². The summed E-state index contributed by atoms with van der Waals surface area (Å²) in [7, 11) is 0. The zero-order valence-electron chi connectivity index (χ0n) is 11.5. The fourth-order valence-corrected chi connectivity index (χ4v) is 3.86. The first-order valence-electron chi connectivity index (χ1n) is 6.79. The third-order valence-corrected chi connectivity index (χ3v) is 6.02. The van der Waals surface area contributed by atoms with Gasteiger partial charge in [-0.1, -0.05) is 37.1 Å². The van der Waals surface area contributed by atoms with Crippen molar-refractivity contribution in [1.82, 2.24) is 9.97 Å². The number of hydrogen-bond acceptors (Lipinski definition) is 4. The first-order valence-corrected chi connectivity index (χ1v) is 9.23. The Morgan fingerprint density at radius 1 is 1.38 bits per heavy atom. The maximum Gasteiger partial charge on any atom is 0.172 e. The number of aromatic nitrogens is 2. The summed E-state index contributed by atoms with van der Waals surface area (Å²) in [5.41, 5.74) is 1.01. The van der Waals surface area contributed by atoms with E-state index in [9.17, 15) is 0 Å². The third kappa shape index (κ3) is 3.29. The van der Waals surface area contributed by atoms with Crippen LogP contribution >= 0.6 is 46.0 Å². The van der Waals surface area contributed by atoms with E-state index in [0.29, 0.717) is 11.0 Å². The molecule has 0 saturated carbocycles. The summed E-state index contributed by atoms with van der Waals surface area (Å²) in [4.78, 5) is 10.3. The molecule has 110 valence electrons. The number of thioether (sulfide) groups is 1. The molecule has 0 N–H and O–H groups in total. The second-order valence-electron chi connectivity index (χ2n) is 4.75.